The lowest BCUT2D eigenvalue weighted by Gasteiger charge is -2.08. The zero-order chi connectivity index (χ0) is 15.8. The third-order valence-electron chi connectivity index (χ3n) is 2.60. The van der Waals surface area contributed by atoms with E-state index in [0.717, 1.165) is 10.0 Å². The van der Waals surface area contributed by atoms with Gasteiger partial charge in [0.2, 0.25) is 5.91 Å². The maximum Gasteiger partial charge on any atom is 0.325 e. The molecular weight excluding hydrogens is 340 g/mol. The van der Waals surface area contributed by atoms with Gasteiger partial charge in [-0.1, -0.05) is 15.9 Å². The minimum atomic E-state index is -0.891. The summed E-state index contributed by atoms with van der Waals surface area (Å²) < 4.78 is 0.831. The third kappa shape index (κ3) is 7.45. The van der Waals surface area contributed by atoms with Crippen molar-refractivity contribution in [2.45, 2.75) is 32.6 Å². The number of hydrogen-bond donors (Lipinski definition) is 3. The van der Waals surface area contributed by atoms with Crippen LogP contribution >= 0.6 is 15.9 Å². The standard InChI is InChI=1S/C14H17BrN2O4/c1-9-6-10(15)8-11(7-9)16-14(21)17-12(18)4-2-3-5-13(19)20/h6-8H,2-5H2,1H3,(H,19,20)(H2,16,17,18,21). The maximum atomic E-state index is 11.6. The van der Waals surface area contributed by atoms with E-state index in [9.17, 15) is 14.4 Å². The molecule has 0 aliphatic heterocycles. The van der Waals surface area contributed by atoms with Crippen LogP contribution in [0.2, 0.25) is 0 Å². The monoisotopic (exact) mass is 356 g/mol. The van der Waals surface area contributed by atoms with E-state index in [0.29, 0.717) is 18.5 Å². The van der Waals surface area contributed by atoms with E-state index in [-0.39, 0.29) is 12.8 Å². The van der Waals surface area contributed by atoms with Crippen molar-refractivity contribution in [1.29, 1.82) is 0 Å². The molecule has 0 aromatic heterocycles. The number of amides is 3. The number of rotatable bonds is 6. The largest absolute Gasteiger partial charge is 0.481 e. The molecule has 0 radical (unpaired) electrons. The molecule has 3 amide bonds. The van der Waals surface area contributed by atoms with E-state index < -0.39 is 17.9 Å². The highest BCUT2D eigenvalue weighted by Crippen LogP contribution is 2.18. The van der Waals surface area contributed by atoms with E-state index in [2.05, 4.69) is 26.6 Å². The Kier molecular flexibility index (Phi) is 6.87. The van der Waals surface area contributed by atoms with Crippen molar-refractivity contribution in [3.63, 3.8) is 0 Å². The van der Waals surface area contributed by atoms with Crippen LogP contribution in [0.5, 0.6) is 0 Å². The van der Waals surface area contributed by atoms with Crippen LogP contribution in [-0.4, -0.2) is 23.0 Å². The average molecular weight is 357 g/mol. The molecule has 0 spiro atoms. The van der Waals surface area contributed by atoms with Crippen molar-refractivity contribution < 1.29 is 19.5 Å². The highest BCUT2D eigenvalue weighted by atomic mass is 79.9. The topological polar surface area (TPSA) is 95.5 Å². The minimum Gasteiger partial charge on any atom is -0.481 e. The Morgan fingerprint density at radius 2 is 1.81 bits per heavy atom. The Labute approximate surface area is 131 Å². The summed E-state index contributed by atoms with van der Waals surface area (Å²) in [5.41, 5.74) is 1.55. The summed E-state index contributed by atoms with van der Waals surface area (Å²) in [5.74, 6) is -1.32. The molecule has 0 fully saturated rings. The molecule has 6 nitrogen and oxygen atoms in total. The van der Waals surface area contributed by atoms with Crippen molar-refractivity contribution in [2.75, 3.05) is 5.32 Å². The molecular formula is C14H17BrN2O4. The summed E-state index contributed by atoms with van der Waals surface area (Å²) in [5, 5.41) is 13.2. The molecule has 0 aliphatic carbocycles. The smallest absolute Gasteiger partial charge is 0.325 e. The van der Waals surface area contributed by atoms with Gasteiger partial charge in [0.25, 0.3) is 0 Å². The number of aliphatic carboxylic acids is 1. The number of carbonyl (C=O) groups is 3. The van der Waals surface area contributed by atoms with Crippen LogP contribution in [0.4, 0.5) is 10.5 Å². The number of unbranched alkanes of at least 4 members (excludes halogenated alkanes) is 1. The molecule has 0 aliphatic rings. The highest BCUT2D eigenvalue weighted by molar-refractivity contribution is 9.10. The fraction of sp³-hybridized carbons (Fsp3) is 0.357. The number of carbonyl (C=O) groups excluding carboxylic acids is 2. The summed E-state index contributed by atoms with van der Waals surface area (Å²) in [6.07, 6.45) is 0.992. The molecule has 21 heavy (non-hydrogen) atoms. The Balaban J connectivity index is 2.35. The van der Waals surface area contributed by atoms with Crippen LogP contribution in [0, 0.1) is 6.92 Å². The number of carboxylic acid groups (broad SMARTS) is 1. The number of nitrogens with one attached hydrogen (secondary N) is 2. The zero-order valence-corrected chi connectivity index (χ0v) is 13.2. The molecule has 0 saturated carbocycles. The summed E-state index contributed by atoms with van der Waals surface area (Å²) in [6.45, 7) is 1.89. The molecule has 1 rings (SSSR count). The average Bonchev–Trinajstić information content (AvgIpc) is 2.32. The SMILES string of the molecule is Cc1cc(Br)cc(NC(=O)NC(=O)CCCCC(=O)O)c1. The maximum absolute atomic E-state index is 11.6. The van der Waals surface area contributed by atoms with Crippen molar-refractivity contribution in [3.8, 4) is 0 Å². The van der Waals surface area contributed by atoms with Gasteiger partial charge in [0.15, 0.2) is 0 Å². The van der Waals surface area contributed by atoms with E-state index in [1.54, 1.807) is 12.1 Å². The van der Waals surface area contributed by atoms with Crippen LogP contribution in [-0.2, 0) is 9.59 Å². The lowest BCUT2D eigenvalue weighted by Crippen LogP contribution is -2.34. The molecule has 0 atom stereocenters. The molecule has 0 bridgehead atoms. The van der Waals surface area contributed by atoms with Crippen LogP contribution < -0.4 is 10.6 Å². The first kappa shape index (κ1) is 17.2. The molecule has 7 heteroatoms. The third-order valence-corrected chi connectivity index (χ3v) is 3.06. The summed E-state index contributed by atoms with van der Waals surface area (Å²) in [7, 11) is 0. The molecule has 114 valence electrons. The summed E-state index contributed by atoms with van der Waals surface area (Å²) >= 11 is 3.32. The van der Waals surface area contributed by atoms with Crippen molar-refractivity contribution in [1.82, 2.24) is 5.32 Å². The summed E-state index contributed by atoms with van der Waals surface area (Å²) in [4.78, 5) is 33.4. The van der Waals surface area contributed by atoms with Crippen LogP contribution in [0.3, 0.4) is 0 Å². The van der Waals surface area contributed by atoms with E-state index in [1.807, 2.05) is 13.0 Å². The van der Waals surface area contributed by atoms with Gasteiger partial charge < -0.3 is 10.4 Å². The Morgan fingerprint density at radius 1 is 1.14 bits per heavy atom. The quantitative estimate of drug-likeness (QED) is 0.682. The highest BCUT2D eigenvalue weighted by Gasteiger charge is 2.08. The van der Waals surface area contributed by atoms with E-state index in [1.165, 1.54) is 0 Å². The number of hydrogen-bond acceptors (Lipinski definition) is 3. The first-order valence-electron chi connectivity index (χ1n) is 6.46. The Bertz CT molecular complexity index is 526. The number of urea groups is 1. The fourth-order valence-electron chi connectivity index (χ4n) is 1.72. The van der Waals surface area contributed by atoms with Crippen molar-refractivity contribution in [2.24, 2.45) is 0 Å². The van der Waals surface area contributed by atoms with Gasteiger partial charge in [-0.15, -0.1) is 0 Å². The second kappa shape index (κ2) is 8.41. The first-order valence-corrected chi connectivity index (χ1v) is 7.26. The Hall–Kier alpha value is -1.89. The summed E-state index contributed by atoms with van der Waals surface area (Å²) in [6, 6.07) is 4.80. The molecule has 1 aromatic rings. The van der Waals surface area contributed by atoms with Gasteiger partial charge in [-0.3, -0.25) is 14.9 Å². The zero-order valence-electron chi connectivity index (χ0n) is 11.6. The number of halogens is 1. The normalized spacial score (nSPS) is 10.0. The molecule has 0 saturated heterocycles. The number of anilines is 1. The lowest BCUT2D eigenvalue weighted by atomic mass is 10.2. The van der Waals surface area contributed by atoms with Crippen molar-refractivity contribution in [3.05, 3.63) is 28.2 Å². The van der Waals surface area contributed by atoms with Gasteiger partial charge in [-0.05, 0) is 43.5 Å². The lowest BCUT2D eigenvalue weighted by molar-refractivity contribution is -0.137. The molecule has 1 aromatic carbocycles. The van der Waals surface area contributed by atoms with Gasteiger partial charge in [0.05, 0.1) is 0 Å². The number of carboxylic acids is 1. The first-order chi connectivity index (χ1) is 9.86. The van der Waals surface area contributed by atoms with Gasteiger partial charge >= 0.3 is 12.0 Å². The van der Waals surface area contributed by atoms with E-state index in [4.69, 9.17) is 5.11 Å². The van der Waals surface area contributed by atoms with Crippen LogP contribution in [0.1, 0.15) is 31.2 Å². The molecule has 3 N–H and O–H groups in total. The van der Waals surface area contributed by atoms with E-state index >= 15 is 0 Å². The number of aryl methyl sites for hydroxylation is 1. The number of benzene rings is 1. The second-order valence-electron chi connectivity index (χ2n) is 4.62. The van der Waals surface area contributed by atoms with Gasteiger partial charge in [-0.25, -0.2) is 4.79 Å². The second-order valence-corrected chi connectivity index (χ2v) is 5.54. The molecule has 0 unspecified atom stereocenters. The predicted molar refractivity (Wildman–Crippen MR) is 82.1 cm³/mol. The minimum absolute atomic E-state index is 0.0246. The number of imide groups is 1. The Morgan fingerprint density at radius 3 is 2.43 bits per heavy atom. The van der Waals surface area contributed by atoms with Crippen LogP contribution in [0.15, 0.2) is 22.7 Å². The van der Waals surface area contributed by atoms with Crippen LogP contribution in [0.25, 0.3) is 0 Å². The van der Waals surface area contributed by atoms with Crippen molar-refractivity contribution >= 4 is 39.5 Å². The fourth-order valence-corrected chi connectivity index (χ4v) is 2.33. The van der Waals surface area contributed by atoms with Gasteiger partial charge in [-0.2, -0.15) is 0 Å². The molecule has 0 heterocycles. The van der Waals surface area contributed by atoms with Gasteiger partial charge in [0, 0.05) is 23.0 Å². The van der Waals surface area contributed by atoms with Gasteiger partial charge in [0.1, 0.15) is 0 Å². The predicted octanol–water partition coefficient (Wildman–Crippen LogP) is 3.05.